The highest BCUT2D eigenvalue weighted by Crippen LogP contribution is 2.33. The van der Waals surface area contributed by atoms with E-state index in [-0.39, 0.29) is 24.3 Å². The number of pyridine rings is 1. The van der Waals surface area contributed by atoms with Gasteiger partial charge in [0.2, 0.25) is 5.95 Å². The fourth-order valence-electron chi connectivity index (χ4n) is 2.91. The molecule has 37 heavy (non-hydrogen) atoms. The van der Waals surface area contributed by atoms with Crippen molar-refractivity contribution in [3.63, 3.8) is 0 Å². The first kappa shape index (κ1) is 28.0. The molecule has 0 fully saturated rings. The fraction of sp³-hybridized carbons (Fsp3) is 0.364. The predicted molar refractivity (Wildman–Crippen MR) is 133 cm³/mol. The number of amides is 1. The number of halogens is 3. The van der Waals surface area contributed by atoms with Crippen LogP contribution in [0.25, 0.3) is 21.4 Å². The second-order valence-corrected chi connectivity index (χ2v) is 9.06. The zero-order valence-electron chi connectivity index (χ0n) is 20.1. The van der Waals surface area contributed by atoms with Crippen molar-refractivity contribution in [2.75, 3.05) is 18.4 Å². The number of rotatable bonds is 7. The third kappa shape index (κ3) is 7.72. The fourth-order valence-corrected chi connectivity index (χ4v) is 3.79. The van der Waals surface area contributed by atoms with E-state index in [1.165, 1.54) is 24.4 Å². The van der Waals surface area contributed by atoms with Gasteiger partial charge < -0.3 is 31.3 Å². The van der Waals surface area contributed by atoms with Crippen molar-refractivity contribution in [3.8, 4) is 5.75 Å². The molecule has 0 bridgehead atoms. The average molecular weight is 542 g/mol. The number of carbonyl (C=O) groups excluding carboxylic acids is 1. The maximum atomic E-state index is 12.4. The number of carbonyl (C=O) groups is 1. The molecule has 6 N–H and O–H groups in total. The molecular weight excluding hydrogens is 515 g/mol. The van der Waals surface area contributed by atoms with Gasteiger partial charge in [0.1, 0.15) is 11.3 Å². The van der Waals surface area contributed by atoms with Crippen molar-refractivity contribution in [3.05, 3.63) is 36.0 Å². The standard InChI is InChI=1S/C19H17F3N6O3S.C3H9NO/c1-9(29)7-24-16(30)10-5-13-15(23-8-10)28(2)17(25-13)27-18-26-12-4-3-11(6-14(12)32-18)31-19(20,21)22;1-3(5)2-4/h3-6,8-9,29H,7H2,1-2H3,(H,24,30)(H,25,26,27);3,5H,2,4H2,1H3. The summed E-state index contributed by atoms with van der Waals surface area (Å²) in [5.74, 6) is -0.322. The molecule has 4 rings (SSSR count). The Balaban J connectivity index is 0.000000695. The van der Waals surface area contributed by atoms with Crippen LogP contribution in [0.15, 0.2) is 30.5 Å². The monoisotopic (exact) mass is 541 g/mol. The number of imidazole rings is 1. The number of hydrogen-bond donors (Lipinski definition) is 5. The number of aliphatic hydroxyl groups is 2. The highest BCUT2D eigenvalue weighted by molar-refractivity contribution is 7.22. The maximum absolute atomic E-state index is 12.4. The molecule has 1 aromatic carbocycles. The van der Waals surface area contributed by atoms with Gasteiger partial charge in [-0.2, -0.15) is 0 Å². The van der Waals surface area contributed by atoms with E-state index in [2.05, 4.69) is 30.3 Å². The Morgan fingerprint density at radius 2 is 1.89 bits per heavy atom. The molecule has 0 spiro atoms. The normalized spacial score (nSPS) is 13.1. The van der Waals surface area contributed by atoms with Gasteiger partial charge in [0.05, 0.1) is 28.0 Å². The predicted octanol–water partition coefficient (Wildman–Crippen LogP) is 2.66. The van der Waals surface area contributed by atoms with Crippen LogP contribution in [0.1, 0.15) is 24.2 Å². The number of ether oxygens (including phenoxy) is 1. The summed E-state index contributed by atoms with van der Waals surface area (Å²) in [6.45, 7) is 3.68. The van der Waals surface area contributed by atoms with E-state index in [0.717, 1.165) is 11.3 Å². The smallest absolute Gasteiger partial charge is 0.406 e. The van der Waals surface area contributed by atoms with Gasteiger partial charge in [0.15, 0.2) is 10.8 Å². The average Bonchev–Trinajstić information content (AvgIpc) is 3.36. The van der Waals surface area contributed by atoms with Crippen LogP contribution in [0.2, 0.25) is 0 Å². The summed E-state index contributed by atoms with van der Waals surface area (Å²) in [5.41, 5.74) is 6.69. The minimum atomic E-state index is -4.77. The number of alkyl halides is 3. The highest BCUT2D eigenvalue weighted by atomic mass is 32.1. The zero-order chi connectivity index (χ0) is 27.3. The van der Waals surface area contributed by atoms with E-state index in [1.807, 2.05) is 0 Å². The lowest BCUT2D eigenvalue weighted by atomic mass is 10.2. The third-order valence-electron chi connectivity index (χ3n) is 4.68. The van der Waals surface area contributed by atoms with E-state index in [9.17, 15) is 23.1 Å². The number of nitrogens with two attached hydrogens (primary N) is 1. The second kappa shape index (κ2) is 11.7. The van der Waals surface area contributed by atoms with Gasteiger partial charge in [0, 0.05) is 32.4 Å². The number of aliphatic hydroxyl groups excluding tert-OH is 2. The van der Waals surface area contributed by atoms with E-state index in [1.54, 1.807) is 31.5 Å². The van der Waals surface area contributed by atoms with Crippen molar-refractivity contribution in [2.45, 2.75) is 32.4 Å². The van der Waals surface area contributed by atoms with Gasteiger partial charge >= 0.3 is 6.36 Å². The number of thiazole rings is 1. The van der Waals surface area contributed by atoms with E-state index in [0.29, 0.717) is 44.6 Å². The van der Waals surface area contributed by atoms with Crippen LogP contribution in [-0.4, -0.2) is 67.3 Å². The van der Waals surface area contributed by atoms with Crippen molar-refractivity contribution in [1.29, 1.82) is 0 Å². The highest BCUT2D eigenvalue weighted by Gasteiger charge is 2.31. The molecule has 0 aliphatic carbocycles. The first-order valence-corrected chi connectivity index (χ1v) is 11.8. The van der Waals surface area contributed by atoms with Crippen LogP contribution in [0.5, 0.6) is 5.75 Å². The van der Waals surface area contributed by atoms with E-state index in [4.69, 9.17) is 10.8 Å². The molecule has 0 aliphatic rings. The van der Waals surface area contributed by atoms with Gasteiger partial charge in [-0.25, -0.2) is 15.0 Å². The minimum Gasteiger partial charge on any atom is -0.406 e. The van der Waals surface area contributed by atoms with Gasteiger partial charge in [-0.3, -0.25) is 9.36 Å². The molecule has 3 aromatic heterocycles. The Kier molecular flexibility index (Phi) is 8.85. The lowest BCUT2D eigenvalue weighted by Crippen LogP contribution is -2.30. The van der Waals surface area contributed by atoms with Crippen molar-refractivity contribution in [1.82, 2.24) is 24.8 Å². The number of aryl methyl sites for hydroxylation is 1. The Morgan fingerprint density at radius 3 is 2.51 bits per heavy atom. The summed E-state index contributed by atoms with van der Waals surface area (Å²) in [6.07, 6.45) is -4.38. The molecule has 0 aliphatic heterocycles. The number of anilines is 2. The Bertz CT molecular complexity index is 1370. The topological polar surface area (TPSA) is 160 Å². The van der Waals surface area contributed by atoms with E-state index >= 15 is 0 Å². The molecule has 11 nitrogen and oxygen atoms in total. The van der Waals surface area contributed by atoms with Crippen molar-refractivity contribution in [2.24, 2.45) is 12.8 Å². The molecule has 0 saturated carbocycles. The Hall–Kier alpha value is -3.53. The summed E-state index contributed by atoms with van der Waals surface area (Å²) in [6, 6.07) is 5.47. The third-order valence-corrected chi connectivity index (χ3v) is 5.62. The molecular formula is C22H26F3N7O4S. The number of nitrogens with zero attached hydrogens (tertiary/aromatic N) is 4. The number of aromatic nitrogens is 4. The van der Waals surface area contributed by atoms with Crippen LogP contribution in [0.4, 0.5) is 24.3 Å². The van der Waals surface area contributed by atoms with Gasteiger partial charge in [0.25, 0.3) is 5.91 Å². The Morgan fingerprint density at radius 1 is 1.19 bits per heavy atom. The Labute approximate surface area is 213 Å². The minimum absolute atomic E-state index is 0.110. The summed E-state index contributed by atoms with van der Waals surface area (Å²) >= 11 is 1.14. The van der Waals surface area contributed by atoms with Gasteiger partial charge in [-0.05, 0) is 32.0 Å². The van der Waals surface area contributed by atoms with Crippen LogP contribution in [0.3, 0.4) is 0 Å². The molecule has 1 amide bonds. The molecule has 0 saturated heterocycles. The molecule has 2 atom stereocenters. The van der Waals surface area contributed by atoms with Gasteiger partial charge in [-0.15, -0.1) is 13.2 Å². The molecule has 4 aromatic rings. The first-order chi connectivity index (χ1) is 17.4. The number of fused-ring (bicyclic) bond motifs is 2. The molecule has 15 heteroatoms. The lowest BCUT2D eigenvalue weighted by Gasteiger charge is -2.07. The van der Waals surface area contributed by atoms with Crippen LogP contribution in [0, 0.1) is 0 Å². The summed E-state index contributed by atoms with van der Waals surface area (Å²) in [4.78, 5) is 25.3. The first-order valence-electron chi connectivity index (χ1n) is 11.0. The van der Waals surface area contributed by atoms with Gasteiger partial charge in [-0.1, -0.05) is 11.3 Å². The van der Waals surface area contributed by atoms with Crippen LogP contribution >= 0.6 is 11.3 Å². The summed E-state index contributed by atoms with van der Waals surface area (Å²) in [5, 5.41) is 23.6. The number of hydrogen-bond acceptors (Lipinski definition) is 10. The molecule has 0 radical (unpaired) electrons. The second-order valence-electron chi connectivity index (χ2n) is 8.03. The molecule has 200 valence electrons. The van der Waals surface area contributed by atoms with Crippen LogP contribution in [-0.2, 0) is 7.05 Å². The quantitative estimate of drug-likeness (QED) is 0.237. The van der Waals surface area contributed by atoms with E-state index < -0.39 is 12.5 Å². The van der Waals surface area contributed by atoms with Crippen molar-refractivity contribution < 1.29 is 32.9 Å². The largest absolute Gasteiger partial charge is 0.573 e. The SMILES string of the molecule is CC(O)CN.CC(O)CNC(=O)c1cnc2c(c1)nc(Nc1nc3ccc(OC(F)(F)F)cc3s1)n2C. The molecule has 2 unspecified atom stereocenters. The maximum Gasteiger partial charge on any atom is 0.573 e. The van der Waals surface area contributed by atoms with Crippen molar-refractivity contribution >= 4 is 49.7 Å². The zero-order valence-corrected chi connectivity index (χ0v) is 20.9. The lowest BCUT2D eigenvalue weighted by molar-refractivity contribution is -0.274. The summed E-state index contributed by atoms with van der Waals surface area (Å²) in [7, 11) is 1.72. The summed E-state index contributed by atoms with van der Waals surface area (Å²) < 4.78 is 43.4. The van der Waals surface area contributed by atoms with Crippen LogP contribution < -0.4 is 21.1 Å². The number of nitrogens with one attached hydrogen (secondary N) is 2. The number of benzene rings is 1. The molecule has 3 heterocycles.